The summed E-state index contributed by atoms with van der Waals surface area (Å²) in [5.41, 5.74) is 1.84. The predicted octanol–water partition coefficient (Wildman–Crippen LogP) is 2.17. The first-order valence-corrected chi connectivity index (χ1v) is 7.81. The van der Waals surface area contributed by atoms with Crippen LogP contribution in [0.2, 0.25) is 0 Å². The number of nitrogens with one attached hydrogen (secondary N) is 1. The van der Waals surface area contributed by atoms with Crippen LogP contribution >= 0.6 is 7.82 Å². The molecular formula is C13H19NO6P-. The highest BCUT2D eigenvalue weighted by atomic mass is 31.2. The standard InChI is InChI=1S/C13H20NO6P/c1-13(2,3)19-12(15)14-20-21(16,17)18-10-9-11-7-5-4-6-8-11/h4-8H,9-10H2,1-3H3,(H,14,15)(H,16,17)/p-1. The highest BCUT2D eigenvalue weighted by molar-refractivity contribution is 7.45. The van der Waals surface area contributed by atoms with Crippen LogP contribution in [-0.2, 0) is 24.9 Å². The Morgan fingerprint density at radius 1 is 1.29 bits per heavy atom. The highest BCUT2D eigenvalue weighted by Crippen LogP contribution is 2.36. The molecule has 7 nitrogen and oxygen atoms in total. The molecule has 0 radical (unpaired) electrons. The van der Waals surface area contributed by atoms with E-state index in [1.54, 1.807) is 26.3 Å². The van der Waals surface area contributed by atoms with Crippen molar-refractivity contribution in [3.8, 4) is 0 Å². The molecule has 1 atom stereocenters. The molecule has 118 valence electrons. The normalized spacial score (nSPS) is 14.3. The van der Waals surface area contributed by atoms with Crippen LogP contribution in [0.15, 0.2) is 30.3 Å². The number of ether oxygens (including phenoxy) is 1. The number of phosphoric ester groups is 1. The Bertz CT molecular complexity index is 499. The molecule has 0 spiro atoms. The van der Waals surface area contributed by atoms with Crippen molar-refractivity contribution in [1.29, 1.82) is 0 Å². The zero-order valence-corrected chi connectivity index (χ0v) is 13.1. The summed E-state index contributed by atoms with van der Waals surface area (Å²) in [7, 11) is -4.61. The van der Waals surface area contributed by atoms with E-state index < -0.39 is 19.5 Å². The average Bonchev–Trinajstić information content (AvgIpc) is 2.36. The molecule has 0 aliphatic heterocycles. The summed E-state index contributed by atoms with van der Waals surface area (Å²) >= 11 is 0. The molecule has 0 aromatic heterocycles. The van der Waals surface area contributed by atoms with Gasteiger partial charge in [-0.05, 0) is 32.8 Å². The van der Waals surface area contributed by atoms with Gasteiger partial charge < -0.3 is 14.2 Å². The third-order valence-corrected chi connectivity index (χ3v) is 2.94. The van der Waals surface area contributed by atoms with E-state index in [1.165, 1.54) is 0 Å². The molecule has 1 rings (SSSR count). The zero-order valence-electron chi connectivity index (χ0n) is 12.2. The van der Waals surface area contributed by atoms with E-state index in [0.717, 1.165) is 5.56 Å². The van der Waals surface area contributed by atoms with Crippen molar-refractivity contribution in [2.45, 2.75) is 32.8 Å². The second kappa shape index (κ2) is 7.56. The maximum absolute atomic E-state index is 11.4. The SMILES string of the molecule is CC(C)(C)OC(=O)NOP(=O)([O-])OCCc1ccccc1. The summed E-state index contributed by atoms with van der Waals surface area (Å²) in [6.07, 6.45) is -0.603. The summed E-state index contributed by atoms with van der Waals surface area (Å²) in [4.78, 5) is 22.6. The van der Waals surface area contributed by atoms with Crippen molar-refractivity contribution >= 4 is 13.9 Å². The van der Waals surface area contributed by atoms with Gasteiger partial charge in [0.25, 0.3) is 7.82 Å². The second-order valence-corrected chi connectivity index (χ2v) is 6.55. The van der Waals surface area contributed by atoms with Gasteiger partial charge in [-0.2, -0.15) is 10.1 Å². The predicted molar refractivity (Wildman–Crippen MR) is 74.2 cm³/mol. The Morgan fingerprint density at radius 3 is 2.48 bits per heavy atom. The van der Waals surface area contributed by atoms with Crippen LogP contribution in [-0.4, -0.2) is 18.3 Å². The monoisotopic (exact) mass is 316 g/mol. The van der Waals surface area contributed by atoms with Gasteiger partial charge in [-0.3, -0.25) is 4.57 Å². The van der Waals surface area contributed by atoms with Gasteiger partial charge in [-0.25, -0.2) is 4.79 Å². The van der Waals surface area contributed by atoms with Crippen LogP contribution in [0, 0.1) is 0 Å². The van der Waals surface area contributed by atoms with Crippen molar-refractivity contribution in [3.63, 3.8) is 0 Å². The van der Waals surface area contributed by atoms with E-state index >= 15 is 0 Å². The summed E-state index contributed by atoms with van der Waals surface area (Å²) in [6.45, 7) is 4.83. The Morgan fingerprint density at radius 2 is 1.90 bits per heavy atom. The Kier molecular flexibility index (Phi) is 6.36. The largest absolute Gasteiger partial charge is 0.755 e. The van der Waals surface area contributed by atoms with Gasteiger partial charge in [0.15, 0.2) is 0 Å². The van der Waals surface area contributed by atoms with Crippen molar-refractivity contribution in [3.05, 3.63) is 35.9 Å². The van der Waals surface area contributed by atoms with Gasteiger partial charge >= 0.3 is 6.09 Å². The number of phosphoric acid groups is 1. The lowest BCUT2D eigenvalue weighted by Crippen LogP contribution is -2.33. The van der Waals surface area contributed by atoms with Gasteiger partial charge in [-0.1, -0.05) is 30.3 Å². The quantitative estimate of drug-likeness (QED) is 0.638. The fourth-order valence-corrected chi connectivity index (χ4v) is 1.89. The lowest BCUT2D eigenvalue weighted by atomic mass is 10.2. The minimum atomic E-state index is -4.61. The number of carbonyl (C=O) groups excluding carboxylic acids is 1. The van der Waals surface area contributed by atoms with E-state index in [9.17, 15) is 14.3 Å². The summed E-state index contributed by atoms with van der Waals surface area (Å²) in [5, 5.41) is 0. The maximum atomic E-state index is 11.4. The van der Waals surface area contributed by atoms with Crippen molar-refractivity contribution in [1.82, 2.24) is 5.48 Å². The molecule has 1 amide bonds. The van der Waals surface area contributed by atoms with E-state index in [4.69, 9.17) is 4.74 Å². The molecule has 0 saturated carbocycles. The number of carbonyl (C=O) groups is 1. The van der Waals surface area contributed by atoms with Crippen molar-refractivity contribution < 1.29 is 28.1 Å². The molecule has 0 saturated heterocycles. The smallest absolute Gasteiger partial charge is 0.432 e. The number of amides is 1. The number of hydroxylamine groups is 1. The Hall–Kier alpha value is -1.40. The van der Waals surface area contributed by atoms with Crippen LogP contribution in [0.1, 0.15) is 26.3 Å². The second-order valence-electron chi connectivity index (χ2n) is 5.21. The van der Waals surface area contributed by atoms with Gasteiger partial charge in [0.2, 0.25) is 0 Å². The topological polar surface area (TPSA) is 96.9 Å². The molecule has 1 aromatic carbocycles. The fraction of sp³-hybridized carbons (Fsp3) is 0.462. The van der Waals surface area contributed by atoms with Gasteiger partial charge in [0, 0.05) is 0 Å². The minimum absolute atomic E-state index is 0.0826. The summed E-state index contributed by atoms with van der Waals surface area (Å²) in [6, 6.07) is 9.23. The van der Waals surface area contributed by atoms with Crippen molar-refractivity contribution in [2.24, 2.45) is 0 Å². The van der Waals surface area contributed by atoms with Gasteiger partial charge in [0.05, 0.1) is 6.61 Å². The molecule has 21 heavy (non-hydrogen) atoms. The first-order valence-electron chi connectivity index (χ1n) is 6.35. The van der Waals surface area contributed by atoms with Gasteiger partial charge in [0.1, 0.15) is 5.60 Å². The number of benzene rings is 1. The van der Waals surface area contributed by atoms with Crippen LogP contribution in [0.4, 0.5) is 4.79 Å². The molecule has 8 heteroatoms. The van der Waals surface area contributed by atoms with E-state index in [2.05, 4.69) is 9.15 Å². The first-order chi connectivity index (χ1) is 9.68. The fourth-order valence-electron chi connectivity index (χ4n) is 1.34. The average molecular weight is 316 g/mol. The van der Waals surface area contributed by atoms with E-state index in [-0.39, 0.29) is 6.61 Å². The zero-order chi connectivity index (χ0) is 15.9. The molecule has 1 N–H and O–H groups in total. The van der Waals surface area contributed by atoms with Crippen LogP contribution in [0.5, 0.6) is 0 Å². The Labute approximate surface area is 123 Å². The van der Waals surface area contributed by atoms with Crippen molar-refractivity contribution in [2.75, 3.05) is 6.61 Å². The Balaban J connectivity index is 2.30. The molecular weight excluding hydrogens is 297 g/mol. The van der Waals surface area contributed by atoms with E-state index in [1.807, 2.05) is 30.3 Å². The van der Waals surface area contributed by atoms with Gasteiger partial charge in [-0.15, -0.1) is 0 Å². The lowest BCUT2D eigenvalue weighted by molar-refractivity contribution is -0.230. The molecule has 1 aromatic rings. The third-order valence-electron chi connectivity index (χ3n) is 2.12. The number of hydrogen-bond donors (Lipinski definition) is 1. The van der Waals surface area contributed by atoms with Crippen LogP contribution < -0.4 is 10.4 Å². The molecule has 0 bridgehead atoms. The summed E-state index contributed by atoms with van der Waals surface area (Å²) < 4.78 is 25.1. The molecule has 1 unspecified atom stereocenters. The highest BCUT2D eigenvalue weighted by Gasteiger charge is 2.18. The number of hydrogen-bond acceptors (Lipinski definition) is 6. The first kappa shape index (κ1) is 17.7. The molecule has 0 fully saturated rings. The third kappa shape index (κ3) is 8.47. The van der Waals surface area contributed by atoms with Crippen LogP contribution in [0.25, 0.3) is 0 Å². The summed E-state index contributed by atoms with van der Waals surface area (Å²) in [5.74, 6) is 0. The molecule has 0 aliphatic carbocycles. The van der Waals surface area contributed by atoms with E-state index in [0.29, 0.717) is 6.42 Å². The van der Waals surface area contributed by atoms with Crippen LogP contribution in [0.3, 0.4) is 0 Å². The lowest BCUT2D eigenvalue weighted by Gasteiger charge is -2.24. The maximum Gasteiger partial charge on any atom is 0.432 e. The molecule has 0 heterocycles. The number of rotatable bonds is 6. The minimum Gasteiger partial charge on any atom is -0.755 e. The molecule has 0 aliphatic rings.